The molecule has 0 saturated heterocycles. The van der Waals surface area contributed by atoms with Gasteiger partial charge in [-0.1, -0.05) is 41.4 Å². The molecule has 36 heavy (non-hydrogen) atoms. The summed E-state index contributed by atoms with van der Waals surface area (Å²) in [4.78, 5) is 1.77. The molecule has 0 bridgehead atoms. The second-order valence-corrected chi connectivity index (χ2v) is 10.0. The first kappa shape index (κ1) is 30.1. The van der Waals surface area contributed by atoms with Crippen molar-refractivity contribution < 1.29 is 20.1 Å². The van der Waals surface area contributed by atoms with E-state index in [2.05, 4.69) is 11.4 Å². The van der Waals surface area contributed by atoms with Gasteiger partial charge in [-0.3, -0.25) is 10.2 Å². The fourth-order valence-electron chi connectivity index (χ4n) is 3.96. The number of nitrogens with zero attached hydrogens (tertiary/aromatic N) is 2. The van der Waals surface area contributed by atoms with Crippen molar-refractivity contribution in [2.75, 3.05) is 26.4 Å². The van der Waals surface area contributed by atoms with Crippen LogP contribution in [0.25, 0.3) is 5.57 Å². The topological polar surface area (TPSA) is 135 Å². The summed E-state index contributed by atoms with van der Waals surface area (Å²) in [5, 5.41) is 43.2. The molecule has 3 atom stereocenters. The van der Waals surface area contributed by atoms with Gasteiger partial charge < -0.3 is 25.8 Å². The predicted octanol–water partition coefficient (Wildman–Crippen LogP) is 3.32. The number of aliphatic hydroxyl groups excluding tert-OH is 3. The van der Waals surface area contributed by atoms with E-state index in [0.717, 1.165) is 11.1 Å². The maximum Gasteiger partial charge on any atom is 0.163 e. The van der Waals surface area contributed by atoms with Gasteiger partial charge in [0.05, 0.1) is 36.8 Å². The molecule has 0 fully saturated rings. The van der Waals surface area contributed by atoms with Crippen molar-refractivity contribution in [2.45, 2.75) is 51.0 Å². The van der Waals surface area contributed by atoms with Crippen molar-refractivity contribution in [2.24, 2.45) is 11.7 Å². The minimum Gasteiger partial charge on any atom is -0.492 e. The molecule has 0 saturated carbocycles. The third-order valence-corrected chi connectivity index (χ3v) is 6.78. The molecule has 0 heterocycles. The molecule has 1 aliphatic rings. The lowest BCUT2D eigenvalue weighted by atomic mass is 9.93. The Labute approximate surface area is 223 Å². The molecule has 0 radical (unpaired) electrons. The van der Waals surface area contributed by atoms with Crippen molar-refractivity contribution in [3.63, 3.8) is 0 Å². The van der Waals surface area contributed by atoms with Crippen molar-refractivity contribution in [1.82, 2.24) is 10.2 Å². The normalized spacial score (nSPS) is 19.9. The van der Waals surface area contributed by atoms with Gasteiger partial charge >= 0.3 is 0 Å². The highest BCUT2D eigenvalue weighted by molar-refractivity contribution is 6.32. The first-order valence-corrected chi connectivity index (χ1v) is 12.6. The van der Waals surface area contributed by atoms with Gasteiger partial charge in [-0.15, -0.1) is 0 Å². The van der Waals surface area contributed by atoms with Gasteiger partial charge in [0.1, 0.15) is 5.75 Å². The maximum atomic E-state index is 10.9. The smallest absolute Gasteiger partial charge is 0.163 e. The zero-order chi connectivity index (χ0) is 26.7. The quantitative estimate of drug-likeness (QED) is 0.146. The van der Waals surface area contributed by atoms with E-state index in [1.54, 1.807) is 35.3 Å². The number of hydrogen-bond donors (Lipinski definition) is 5. The Balaban J connectivity index is 1.99. The van der Waals surface area contributed by atoms with Crippen LogP contribution in [-0.2, 0) is 0 Å². The van der Waals surface area contributed by atoms with Gasteiger partial charge in [-0.2, -0.15) is 5.26 Å². The highest BCUT2D eigenvalue weighted by Crippen LogP contribution is 2.30. The lowest BCUT2D eigenvalue weighted by Gasteiger charge is -2.42. The SMILES string of the molecule is CC(C)(CO)N(CCCOc1ccc(C(/C=C\N)=C/CO)cc1Cl)C(O)N[C@@H]1C=C(Cl)C(C#N)CC1. The summed E-state index contributed by atoms with van der Waals surface area (Å²) in [6.45, 7) is 4.19. The number of nitrogens with one attached hydrogen (secondary N) is 1. The van der Waals surface area contributed by atoms with Crippen molar-refractivity contribution >= 4 is 28.8 Å². The molecule has 0 amide bonds. The van der Waals surface area contributed by atoms with Crippen LogP contribution < -0.4 is 15.8 Å². The molecular formula is C26H36Cl2N4O4. The lowest BCUT2D eigenvalue weighted by Crippen LogP contribution is -2.59. The number of aliphatic hydroxyl groups is 3. The standard InChI is InChI=1S/C26H36Cl2N4O4/c1-26(2,17-34)32(25(35)31-21-6-4-20(16-30)22(27)15-21)11-3-13-36-24-7-5-19(14-23(24)28)18(8-10-29)9-12-33/h5,7-10,14-15,20-21,25,31,33-35H,3-4,6,11-13,17,29H2,1-2H3/b10-8-,18-9+/t20?,21-,25?/m0/s1. The number of allylic oxidation sites excluding steroid dienone is 3. The summed E-state index contributed by atoms with van der Waals surface area (Å²) >= 11 is 12.6. The average molecular weight is 540 g/mol. The zero-order valence-electron chi connectivity index (χ0n) is 20.7. The highest BCUT2D eigenvalue weighted by Gasteiger charge is 2.33. The summed E-state index contributed by atoms with van der Waals surface area (Å²) in [6, 6.07) is 7.33. The Morgan fingerprint density at radius 1 is 1.36 bits per heavy atom. The van der Waals surface area contributed by atoms with Crippen LogP contribution in [0.15, 0.2) is 47.7 Å². The first-order valence-electron chi connectivity index (χ1n) is 11.9. The van der Waals surface area contributed by atoms with Crippen molar-refractivity contribution in [1.29, 1.82) is 5.26 Å². The van der Waals surface area contributed by atoms with E-state index < -0.39 is 11.9 Å². The number of hydrogen-bond acceptors (Lipinski definition) is 8. The van der Waals surface area contributed by atoms with E-state index in [1.165, 1.54) is 6.20 Å². The van der Waals surface area contributed by atoms with Gasteiger partial charge in [-0.25, -0.2) is 0 Å². The molecule has 6 N–H and O–H groups in total. The summed E-state index contributed by atoms with van der Waals surface area (Å²) < 4.78 is 5.86. The van der Waals surface area contributed by atoms with Crippen LogP contribution in [0.5, 0.6) is 5.75 Å². The third-order valence-electron chi connectivity index (χ3n) is 6.09. The molecule has 0 aromatic heterocycles. The van der Waals surface area contributed by atoms with Gasteiger partial charge in [-0.05, 0) is 68.7 Å². The Morgan fingerprint density at radius 2 is 2.11 bits per heavy atom. The Hall–Kier alpha value is -2.09. The number of benzene rings is 1. The van der Waals surface area contributed by atoms with E-state index in [9.17, 15) is 15.3 Å². The lowest BCUT2D eigenvalue weighted by molar-refractivity contribution is -0.0967. The van der Waals surface area contributed by atoms with Crippen molar-refractivity contribution in [3.8, 4) is 11.8 Å². The second kappa shape index (κ2) is 14.6. The Bertz CT molecular complexity index is 991. The van der Waals surface area contributed by atoms with E-state index >= 15 is 0 Å². The van der Waals surface area contributed by atoms with Crippen LogP contribution in [0.2, 0.25) is 5.02 Å². The molecule has 8 nitrogen and oxygen atoms in total. The molecule has 1 aliphatic carbocycles. The monoisotopic (exact) mass is 538 g/mol. The average Bonchev–Trinajstić information content (AvgIpc) is 2.84. The van der Waals surface area contributed by atoms with Gasteiger partial charge in [0.15, 0.2) is 6.35 Å². The van der Waals surface area contributed by atoms with Crippen LogP contribution in [0.1, 0.15) is 38.7 Å². The number of nitriles is 1. The number of ether oxygens (including phenoxy) is 1. The molecular weight excluding hydrogens is 503 g/mol. The number of halogens is 2. The van der Waals surface area contributed by atoms with Crippen molar-refractivity contribution in [3.05, 3.63) is 58.2 Å². The fourth-order valence-corrected chi connectivity index (χ4v) is 4.51. The molecule has 0 spiro atoms. The summed E-state index contributed by atoms with van der Waals surface area (Å²) in [5.74, 6) is 0.209. The predicted molar refractivity (Wildman–Crippen MR) is 143 cm³/mol. The molecule has 0 aliphatic heterocycles. The van der Waals surface area contributed by atoms with Crippen LogP contribution in [0, 0.1) is 17.2 Å². The largest absolute Gasteiger partial charge is 0.492 e. The first-order chi connectivity index (χ1) is 17.2. The molecule has 198 valence electrons. The minimum absolute atomic E-state index is 0.124. The maximum absolute atomic E-state index is 10.9. The fraction of sp³-hybridized carbons (Fsp3) is 0.500. The zero-order valence-corrected chi connectivity index (χ0v) is 22.2. The second-order valence-electron chi connectivity index (χ2n) is 9.17. The van der Waals surface area contributed by atoms with E-state index in [0.29, 0.717) is 48.2 Å². The summed E-state index contributed by atoms with van der Waals surface area (Å²) in [7, 11) is 0. The molecule has 2 rings (SSSR count). The van der Waals surface area contributed by atoms with E-state index in [4.69, 9.17) is 38.9 Å². The Morgan fingerprint density at radius 3 is 2.69 bits per heavy atom. The van der Waals surface area contributed by atoms with E-state index in [1.807, 2.05) is 19.9 Å². The number of rotatable bonds is 13. The van der Waals surface area contributed by atoms with Gasteiger partial charge in [0.25, 0.3) is 0 Å². The molecule has 2 unspecified atom stereocenters. The Kier molecular flexibility index (Phi) is 12.2. The highest BCUT2D eigenvalue weighted by atomic mass is 35.5. The molecule has 1 aromatic carbocycles. The van der Waals surface area contributed by atoms with Crippen LogP contribution >= 0.6 is 23.2 Å². The summed E-state index contributed by atoms with van der Waals surface area (Å²) in [5.41, 5.74) is 6.32. The molecule has 10 heteroatoms. The minimum atomic E-state index is -1.04. The van der Waals surface area contributed by atoms with Gasteiger partial charge in [0.2, 0.25) is 0 Å². The van der Waals surface area contributed by atoms with Crippen LogP contribution in [0.3, 0.4) is 0 Å². The van der Waals surface area contributed by atoms with E-state index in [-0.39, 0.29) is 25.2 Å². The van der Waals surface area contributed by atoms with Crippen LogP contribution in [0.4, 0.5) is 0 Å². The molecule has 1 aromatic rings. The number of nitrogens with two attached hydrogens (primary N) is 1. The summed E-state index contributed by atoms with van der Waals surface area (Å²) in [6.07, 6.45) is 7.29. The van der Waals surface area contributed by atoms with Crippen LogP contribution in [-0.4, -0.2) is 64.5 Å². The van der Waals surface area contributed by atoms with Gasteiger partial charge in [0, 0.05) is 23.2 Å². The third kappa shape index (κ3) is 8.49.